The van der Waals surface area contributed by atoms with Crippen molar-refractivity contribution in [2.75, 3.05) is 31.3 Å². The van der Waals surface area contributed by atoms with Gasteiger partial charge in [-0.2, -0.15) is 0 Å². The number of hydrogen-bond acceptors (Lipinski definition) is 5. The summed E-state index contributed by atoms with van der Waals surface area (Å²) in [6.07, 6.45) is 5.81. The van der Waals surface area contributed by atoms with Crippen LogP contribution in [0.4, 0.5) is 5.69 Å². The van der Waals surface area contributed by atoms with Gasteiger partial charge in [0.15, 0.2) is 0 Å². The van der Waals surface area contributed by atoms with Crippen molar-refractivity contribution in [2.24, 2.45) is 0 Å². The van der Waals surface area contributed by atoms with Crippen molar-refractivity contribution in [3.63, 3.8) is 0 Å². The maximum Gasteiger partial charge on any atom is 0.233 e. The Morgan fingerprint density at radius 1 is 1.30 bits per heavy atom. The first-order valence-electron chi connectivity index (χ1n) is 9.12. The van der Waals surface area contributed by atoms with Crippen LogP contribution in [-0.2, 0) is 20.7 Å². The van der Waals surface area contributed by atoms with E-state index in [1.165, 1.54) is 0 Å². The number of fused-ring (bicyclic) bond motifs is 2. The lowest BCUT2D eigenvalue weighted by molar-refractivity contribution is -0.119. The summed E-state index contributed by atoms with van der Waals surface area (Å²) in [5.41, 5.74) is 5.67. The minimum absolute atomic E-state index is 0.0553. The van der Waals surface area contributed by atoms with Crippen molar-refractivity contribution in [3.05, 3.63) is 42.0 Å². The zero-order valence-corrected chi connectivity index (χ0v) is 15.1. The number of carbonyl (C=O) groups excluding carboxylic acids is 1. The number of anilines is 1. The third kappa shape index (κ3) is 2.79. The smallest absolute Gasteiger partial charge is 0.233 e. The zero-order valence-electron chi connectivity index (χ0n) is 15.1. The molecule has 3 aromatic heterocycles. The lowest BCUT2D eigenvalue weighted by Gasteiger charge is -2.27. The van der Waals surface area contributed by atoms with Crippen molar-refractivity contribution < 1.29 is 14.3 Å². The minimum atomic E-state index is -0.100. The predicted octanol–water partition coefficient (Wildman–Crippen LogP) is 2.24. The number of hydrogen-bond donors (Lipinski definition) is 1. The van der Waals surface area contributed by atoms with E-state index >= 15 is 0 Å². The van der Waals surface area contributed by atoms with Crippen molar-refractivity contribution in [1.29, 1.82) is 0 Å². The fourth-order valence-electron chi connectivity index (χ4n) is 3.85. The fourth-order valence-corrected chi connectivity index (χ4v) is 3.85. The van der Waals surface area contributed by atoms with E-state index in [-0.39, 0.29) is 12.0 Å². The quantitative estimate of drug-likeness (QED) is 0.771. The predicted molar refractivity (Wildman–Crippen MR) is 101 cm³/mol. The van der Waals surface area contributed by atoms with Crippen LogP contribution in [0, 0.1) is 6.92 Å². The third-order valence-corrected chi connectivity index (χ3v) is 5.30. The zero-order chi connectivity index (χ0) is 18.4. The van der Waals surface area contributed by atoms with Gasteiger partial charge in [0.1, 0.15) is 5.65 Å². The van der Waals surface area contributed by atoms with E-state index in [0.717, 1.165) is 39.1 Å². The van der Waals surface area contributed by atoms with Crippen LogP contribution in [0.3, 0.4) is 0 Å². The molecule has 3 aromatic rings. The number of H-pyrrole nitrogens is 1. The van der Waals surface area contributed by atoms with E-state index in [1.54, 1.807) is 4.90 Å². The fraction of sp³-hybridized carbons (Fsp3) is 0.350. The Labute approximate surface area is 156 Å². The number of amides is 1. The highest BCUT2D eigenvalue weighted by Gasteiger charge is 2.32. The number of aryl methyl sites for hydroxylation is 1. The molecule has 1 atom stereocenters. The lowest BCUT2D eigenvalue weighted by atomic mass is 10.0. The van der Waals surface area contributed by atoms with Crippen molar-refractivity contribution >= 4 is 22.6 Å². The highest BCUT2D eigenvalue weighted by atomic mass is 16.6. The maximum absolute atomic E-state index is 12.5. The number of carbonyl (C=O) groups is 1. The van der Waals surface area contributed by atoms with Gasteiger partial charge in [-0.3, -0.25) is 9.78 Å². The van der Waals surface area contributed by atoms with E-state index in [1.807, 2.05) is 30.7 Å². The summed E-state index contributed by atoms with van der Waals surface area (Å²) in [5.74, 6) is 0.0553. The first kappa shape index (κ1) is 16.4. The van der Waals surface area contributed by atoms with E-state index in [2.05, 4.69) is 21.9 Å². The Hall–Kier alpha value is -2.77. The lowest BCUT2D eigenvalue weighted by Crippen LogP contribution is -2.41. The summed E-state index contributed by atoms with van der Waals surface area (Å²) >= 11 is 0. The molecular weight excluding hydrogens is 344 g/mol. The van der Waals surface area contributed by atoms with E-state index in [9.17, 15) is 4.79 Å². The molecule has 0 saturated carbocycles. The molecule has 7 heteroatoms. The van der Waals surface area contributed by atoms with Crippen LogP contribution >= 0.6 is 0 Å². The van der Waals surface area contributed by atoms with Gasteiger partial charge in [0.25, 0.3) is 0 Å². The number of aromatic amines is 1. The summed E-state index contributed by atoms with van der Waals surface area (Å²) in [4.78, 5) is 26.5. The highest BCUT2D eigenvalue weighted by Crippen LogP contribution is 2.34. The second kappa shape index (κ2) is 6.44. The number of rotatable bonds is 3. The standard InChI is InChI=1S/C20H20N4O3/c1-12-15-2-3-21-20(15)23-9-16(12)13-6-18-17(22-8-13)7-19(25)24(18)10-14-11-26-4-5-27-14/h2-3,6,8-9,14H,4-5,7,10-11H2,1H3,(H,21,23)/t14-/m0/s1. The van der Waals surface area contributed by atoms with E-state index in [4.69, 9.17) is 9.47 Å². The summed E-state index contributed by atoms with van der Waals surface area (Å²) in [7, 11) is 0. The molecule has 5 heterocycles. The van der Waals surface area contributed by atoms with Gasteiger partial charge in [0.2, 0.25) is 5.91 Å². The molecule has 1 amide bonds. The summed E-state index contributed by atoms with van der Waals surface area (Å²) in [6, 6.07) is 4.07. The number of pyridine rings is 2. The molecule has 0 unspecified atom stereocenters. The molecule has 27 heavy (non-hydrogen) atoms. The molecule has 0 bridgehead atoms. The Bertz CT molecular complexity index is 1020. The molecule has 138 valence electrons. The number of ether oxygens (including phenoxy) is 2. The molecule has 0 radical (unpaired) electrons. The molecule has 2 aliphatic rings. The summed E-state index contributed by atoms with van der Waals surface area (Å²) in [6.45, 7) is 4.26. The molecule has 1 saturated heterocycles. The van der Waals surface area contributed by atoms with Crippen molar-refractivity contribution in [2.45, 2.75) is 19.4 Å². The second-order valence-corrected chi connectivity index (χ2v) is 6.98. The average Bonchev–Trinajstić information content (AvgIpc) is 3.28. The average molecular weight is 364 g/mol. The molecule has 1 N–H and O–H groups in total. The Morgan fingerprint density at radius 2 is 2.22 bits per heavy atom. The molecule has 0 aliphatic carbocycles. The molecule has 1 fully saturated rings. The molecule has 7 nitrogen and oxygen atoms in total. The first-order valence-corrected chi connectivity index (χ1v) is 9.12. The van der Waals surface area contributed by atoms with Crippen LogP contribution in [0.1, 0.15) is 11.3 Å². The van der Waals surface area contributed by atoms with Crippen molar-refractivity contribution in [3.8, 4) is 11.1 Å². The number of nitrogens with one attached hydrogen (secondary N) is 1. The number of aromatic nitrogens is 3. The van der Waals surface area contributed by atoms with E-state index in [0.29, 0.717) is 32.8 Å². The van der Waals surface area contributed by atoms with E-state index < -0.39 is 0 Å². The van der Waals surface area contributed by atoms with Crippen LogP contribution < -0.4 is 4.90 Å². The summed E-state index contributed by atoms with van der Waals surface area (Å²) in [5, 5.41) is 1.09. The van der Waals surface area contributed by atoms with Crippen molar-refractivity contribution in [1.82, 2.24) is 15.0 Å². The van der Waals surface area contributed by atoms with Gasteiger partial charge >= 0.3 is 0 Å². The van der Waals surface area contributed by atoms with Gasteiger partial charge in [-0.1, -0.05) is 0 Å². The van der Waals surface area contributed by atoms with Gasteiger partial charge in [-0.05, 0) is 24.6 Å². The molecule has 2 aliphatic heterocycles. The number of nitrogens with zero attached hydrogens (tertiary/aromatic N) is 3. The normalized spacial score (nSPS) is 19.7. The molecule has 0 aromatic carbocycles. The van der Waals surface area contributed by atoms with Crippen LogP contribution in [0.2, 0.25) is 0 Å². The molecule has 0 spiro atoms. The van der Waals surface area contributed by atoms with Crippen LogP contribution in [0.15, 0.2) is 30.7 Å². The van der Waals surface area contributed by atoms with Gasteiger partial charge in [0.05, 0.1) is 50.3 Å². The van der Waals surface area contributed by atoms with Crippen LogP contribution in [-0.4, -0.2) is 53.3 Å². The highest BCUT2D eigenvalue weighted by molar-refractivity contribution is 6.01. The van der Waals surface area contributed by atoms with Crippen LogP contribution in [0.5, 0.6) is 0 Å². The third-order valence-electron chi connectivity index (χ3n) is 5.30. The Morgan fingerprint density at radius 3 is 3.07 bits per heavy atom. The largest absolute Gasteiger partial charge is 0.376 e. The minimum Gasteiger partial charge on any atom is -0.376 e. The maximum atomic E-state index is 12.5. The Kier molecular flexibility index (Phi) is 3.91. The van der Waals surface area contributed by atoms with Crippen LogP contribution in [0.25, 0.3) is 22.2 Å². The van der Waals surface area contributed by atoms with Gasteiger partial charge < -0.3 is 19.4 Å². The second-order valence-electron chi connectivity index (χ2n) is 6.98. The monoisotopic (exact) mass is 364 g/mol. The van der Waals surface area contributed by atoms with Gasteiger partial charge in [-0.15, -0.1) is 0 Å². The molecule has 5 rings (SSSR count). The Balaban J connectivity index is 1.51. The summed E-state index contributed by atoms with van der Waals surface area (Å²) < 4.78 is 11.2. The van der Waals surface area contributed by atoms with Gasteiger partial charge in [0, 0.05) is 35.1 Å². The van der Waals surface area contributed by atoms with Gasteiger partial charge in [-0.25, -0.2) is 4.98 Å². The first-order chi connectivity index (χ1) is 13.2. The SMILES string of the molecule is Cc1c(-c2cnc3c(c2)N(C[C@H]2COCCO2)C(=O)C3)cnc2[nH]ccc12. The topological polar surface area (TPSA) is 80.3 Å². The molecular formula is C20H20N4O3.